The van der Waals surface area contributed by atoms with Crippen LogP contribution in [0.4, 0.5) is 0 Å². The number of amides is 2. The third-order valence-corrected chi connectivity index (χ3v) is 7.08. The molecule has 0 spiro atoms. The highest BCUT2D eigenvalue weighted by Gasteiger charge is 2.61. The monoisotopic (exact) mass is 340 g/mol. The molecule has 5 heteroatoms. The van der Waals surface area contributed by atoms with E-state index in [1.807, 2.05) is 18.2 Å². The number of benzene rings is 1. The number of imide groups is 1. The van der Waals surface area contributed by atoms with Gasteiger partial charge in [0, 0.05) is 12.1 Å². The number of carbonyl (C=O) groups excluding carboxylic acids is 2. The lowest BCUT2D eigenvalue weighted by Crippen LogP contribution is -2.46. The first-order chi connectivity index (χ1) is 12.1. The number of aliphatic hydroxyl groups excluding tert-OH is 1. The zero-order valence-corrected chi connectivity index (χ0v) is 14.1. The highest BCUT2D eigenvalue weighted by Crippen LogP contribution is 2.54. The zero-order chi connectivity index (χ0) is 17.1. The molecule has 0 radical (unpaired) electrons. The summed E-state index contributed by atoms with van der Waals surface area (Å²) in [5, 5.41) is 16.5. The quantitative estimate of drug-likeness (QED) is 0.671. The van der Waals surface area contributed by atoms with E-state index in [0.29, 0.717) is 12.0 Å². The van der Waals surface area contributed by atoms with Crippen molar-refractivity contribution < 1.29 is 14.7 Å². The van der Waals surface area contributed by atoms with Crippen LogP contribution in [0.2, 0.25) is 0 Å². The molecule has 2 saturated carbocycles. The van der Waals surface area contributed by atoms with E-state index in [4.69, 9.17) is 0 Å². The first-order valence-corrected chi connectivity index (χ1v) is 9.47. The first kappa shape index (κ1) is 15.5. The van der Waals surface area contributed by atoms with Gasteiger partial charge in [-0.15, -0.1) is 0 Å². The number of hydrogen-bond acceptors (Lipinski definition) is 4. The normalized spacial score (nSPS) is 45.5. The molecule has 0 bridgehead atoms. The second-order valence-electron chi connectivity index (χ2n) is 8.25. The van der Waals surface area contributed by atoms with Crippen molar-refractivity contribution in [2.45, 2.75) is 49.8 Å². The van der Waals surface area contributed by atoms with Crippen LogP contribution < -0.4 is 10.6 Å². The van der Waals surface area contributed by atoms with Gasteiger partial charge in [-0.1, -0.05) is 30.3 Å². The smallest absolute Gasteiger partial charge is 0.231 e. The summed E-state index contributed by atoms with van der Waals surface area (Å²) in [5.74, 6) is -0.197. The second kappa shape index (κ2) is 5.64. The number of nitrogens with one attached hydrogen (secondary N) is 2. The Morgan fingerprint density at radius 1 is 0.920 bits per heavy atom. The lowest BCUT2D eigenvalue weighted by atomic mass is 9.60. The predicted molar refractivity (Wildman–Crippen MR) is 91.5 cm³/mol. The molecule has 2 amide bonds. The number of fused-ring (bicyclic) bond motifs is 5. The maximum Gasteiger partial charge on any atom is 0.231 e. The average Bonchev–Trinajstić information content (AvgIpc) is 3.12. The van der Waals surface area contributed by atoms with Gasteiger partial charge >= 0.3 is 0 Å². The number of carbonyl (C=O) groups is 2. The molecule has 3 N–H and O–H groups in total. The minimum absolute atomic E-state index is 0.0801. The Morgan fingerprint density at radius 2 is 1.68 bits per heavy atom. The van der Waals surface area contributed by atoms with Crippen LogP contribution in [0, 0.1) is 23.7 Å². The van der Waals surface area contributed by atoms with Gasteiger partial charge in [0.25, 0.3) is 0 Å². The lowest BCUT2D eigenvalue weighted by Gasteiger charge is -2.41. The molecule has 25 heavy (non-hydrogen) atoms. The van der Waals surface area contributed by atoms with E-state index in [0.717, 1.165) is 31.2 Å². The van der Waals surface area contributed by atoms with E-state index >= 15 is 0 Å². The topological polar surface area (TPSA) is 78.4 Å². The Balaban J connectivity index is 1.54. The molecule has 0 aromatic heterocycles. The van der Waals surface area contributed by atoms with Crippen LogP contribution in [-0.4, -0.2) is 35.1 Å². The summed E-state index contributed by atoms with van der Waals surface area (Å²) in [7, 11) is 0. The molecule has 2 aliphatic carbocycles. The fourth-order valence-electron chi connectivity index (χ4n) is 6.17. The van der Waals surface area contributed by atoms with E-state index in [9.17, 15) is 14.7 Å². The zero-order valence-electron chi connectivity index (χ0n) is 14.1. The van der Waals surface area contributed by atoms with E-state index < -0.39 is 0 Å². The van der Waals surface area contributed by atoms with Crippen molar-refractivity contribution in [3.05, 3.63) is 35.9 Å². The summed E-state index contributed by atoms with van der Waals surface area (Å²) in [6, 6.07) is 10.8. The van der Waals surface area contributed by atoms with Gasteiger partial charge in [-0.3, -0.25) is 14.9 Å². The van der Waals surface area contributed by atoms with Gasteiger partial charge in [0.15, 0.2) is 0 Å². The van der Waals surface area contributed by atoms with Gasteiger partial charge in [0.05, 0.1) is 17.9 Å². The van der Waals surface area contributed by atoms with Crippen LogP contribution in [0.15, 0.2) is 30.3 Å². The summed E-state index contributed by atoms with van der Waals surface area (Å²) < 4.78 is 0. The maximum absolute atomic E-state index is 12.7. The van der Waals surface area contributed by atoms with Crippen LogP contribution in [0.3, 0.4) is 0 Å². The first-order valence-electron chi connectivity index (χ1n) is 9.47. The number of hydrogen-bond donors (Lipinski definition) is 3. The Bertz CT molecular complexity index is 706. The van der Waals surface area contributed by atoms with E-state index in [1.165, 1.54) is 0 Å². The fraction of sp³-hybridized carbons (Fsp3) is 0.600. The van der Waals surface area contributed by atoms with Crippen LogP contribution in [0.25, 0.3) is 0 Å². The standard InChI is InChI=1S/C20H24N2O3/c23-11-6-7-14-13(8-11)16-15(21-14)9-12(10-4-2-1-3-5-10)17-18(16)20(25)22-19(17)24/h1-5,11-18,21,23H,6-9H2,(H,22,24,25). The van der Waals surface area contributed by atoms with Crippen LogP contribution in [0.5, 0.6) is 0 Å². The van der Waals surface area contributed by atoms with Gasteiger partial charge in [-0.25, -0.2) is 0 Å². The molecular weight excluding hydrogens is 316 g/mol. The SMILES string of the molecule is O=C1NC(=O)C2C1C(c1ccccc1)CC1NC3CCC(O)CC3C12. The van der Waals surface area contributed by atoms with E-state index in [2.05, 4.69) is 22.8 Å². The van der Waals surface area contributed by atoms with Gasteiger partial charge in [0.1, 0.15) is 0 Å². The molecule has 132 valence electrons. The fourth-order valence-corrected chi connectivity index (χ4v) is 6.17. The Kier molecular flexibility index (Phi) is 3.51. The predicted octanol–water partition coefficient (Wildman–Crippen LogP) is 1.18. The van der Waals surface area contributed by atoms with Crippen LogP contribution in [-0.2, 0) is 9.59 Å². The Hall–Kier alpha value is -1.72. The van der Waals surface area contributed by atoms with Crippen molar-refractivity contribution >= 4 is 11.8 Å². The molecular formula is C20H24N2O3. The van der Waals surface area contributed by atoms with Gasteiger partial charge in [-0.2, -0.15) is 0 Å². The van der Waals surface area contributed by atoms with Crippen molar-refractivity contribution in [1.82, 2.24) is 10.6 Å². The molecule has 4 aliphatic rings. The summed E-state index contributed by atoms with van der Waals surface area (Å²) in [6.07, 6.45) is 3.16. The van der Waals surface area contributed by atoms with Crippen molar-refractivity contribution in [2.75, 3.05) is 0 Å². The molecule has 2 heterocycles. The highest BCUT2D eigenvalue weighted by molar-refractivity contribution is 6.06. The molecule has 5 nitrogen and oxygen atoms in total. The lowest BCUT2D eigenvalue weighted by molar-refractivity contribution is -0.126. The molecule has 1 aromatic carbocycles. The van der Waals surface area contributed by atoms with Gasteiger partial charge in [-0.05, 0) is 49.0 Å². The molecule has 1 aromatic rings. The molecule has 2 aliphatic heterocycles. The minimum atomic E-state index is -0.271. The summed E-state index contributed by atoms with van der Waals surface area (Å²) in [5.41, 5.74) is 1.15. The molecule has 8 unspecified atom stereocenters. The van der Waals surface area contributed by atoms with E-state index in [1.54, 1.807) is 0 Å². The largest absolute Gasteiger partial charge is 0.393 e. The van der Waals surface area contributed by atoms with Crippen molar-refractivity contribution in [2.24, 2.45) is 23.7 Å². The van der Waals surface area contributed by atoms with Crippen LogP contribution in [0.1, 0.15) is 37.2 Å². The molecule has 8 atom stereocenters. The minimum Gasteiger partial charge on any atom is -0.393 e. The van der Waals surface area contributed by atoms with Crippen molar-refractivity contribution in [3.63, 3.8) is 0 Å². The number of aliphatic hydroxyl groups is 1. The molecule has 2 saturated heterocycles. The Morgan fingerprint density at radius 3 is 2.48 bits per heavy atom. The van der Waals surface area contributed by atoms with Crippen LogP contribution >= 0.6 is 0 Å². The van der Waals surface area contributed by atoms with E-state index in [-0.39, 0.29) is 47.6 Å². The maximum atomic E-state index is 12.7. The summed E-state index contributed by atoms with van der Waals surface area (Å²) >= 11 is 0. The number of rotatable bonds is 1. The Labute approximate surface area is 147 Å². The van der Waals surface area contributed by atoms with Gasteiger partial charge < -0.3 is 10.4 Å². The highest BCUT2D eigenvalue weighted by atomic mass is 16.3. The van der Waals surface area contributed by atoms with Crippen molar-refractivity contribution in [3.8, 4) is 0 Å². The third-order valence-electron chi connectivity index (χ3n) is 7.08. The third kappa shape index (κ3) is 2.29. The average molecular weight is 340 g/mol. The molecule has 5 rings (SSSR count). The van der Waals surface area contributed by atoms with Gasteiger partial charge in [0.2, 0.25) is 11.8 Å². The summed E-state index contributed by atoms with van der Waals surface area (Å²) in [4.78, 5) is 25.3. The molecule has 4 fully saturated rings. The van der Waals surface area contributed by atoms with Crippen molar-refractivity contribution in [1.29, 1.82) is 0 Å². The second-order valence-corrected chi connectivity index (χ2v) is 8.25. The summed E-state index contributed by atoms with van der Waals surface area (Å²) in [6.45, 7) is 0.